The molecule has 170 valence electrons. The number of ether oxygens (including phenoxy) is 1. The number of carbonyl (C=O) groups is 2. The summed E-state index contributed by atoms with van der Waals surface area (Å²) in [6.07, 6.45) is 4.25. The van der Waals surface area contributed by atoms with Crippen LogP contribution in [0.5, 0.6) is 0 Å². The first kappa shape index (κ1) is 21.8. The maximum absolute atomic E-state index is 13.5. The molecule has 4 bridgehead atoms. The molecule has 0 saturated heterocycles. The number of thiazole rings is 1. The second-order valence-corrected chi connectivity index (χ2v) is 11.3. The van der Waals surface area contributed by atoms with Crippen LogP contribution in [0.3, 0.4) is 0 Å². The predicted octanol–water partition coefficient (Wildman–Crippen LogP) is 5.54. The number of anilines is 1. The van der Waals surface area contributed by atoms with Crippen molar-refractivity contribution in [3.8, 4) is 11.3 Å². The molecule has 4 aliphatic rings. The zero-order valence-corrected chi connectivity index (χ0v) is 19.1. The summed E-state index contributed by atoms with van der Waals surface area (Å²) >= 11 is 7.95. The molecule has 0 spiro atoms. The van der Waals surface area contributed by atoms with Gasteiger partial charge in [0.1, 0.15) is 0 Å². The minimum atomic E-state index is -0.989. The minimum absolute atomic E-state index is 0.284. The van der Waals surface area contributed by atoms with Crippen molar-refractivity contribution in [1.82, 2.24) is 4.98 Å². The van der Waals surface area contributed by atoms with E-state index in [0.717, 1.165) is 55.6 Å². The molecule has 1 N–H and O–H groups in total. The first-order valence-corrected chi connectivity index (χ1v) is 12.0. The largest absolute Gasteiger partial charge is 0.452 e. The number of hydrogen-bond donors (Lipinski definition) is 1. The average Bonchev–Trinajstić information content (AvgIpc) is 3.16. The quantitative estimate of drug-likeness (QED) is 0.451. The van der Waals surface area contributed by atoms with Gasteiger partial charge in [-0.25, -0.2) is 13.8 Å². The Morgan fingerprint density at radius 1 is 1.22 bits per heavy atom. The Kier molecular flexibility index (Phi) is 5.28. The van der Waals surface area contributed by atoms with Crippen LogP contribution >= 0.6 is 22.9 Å². The molecule has 5 nitrogen and oxygen atoms in total. The number of alkyl halides is 1. The van der Waals surface area contributed by atoms with Crippen molar-refractivity contribution in [3.05, 3.63) is 35.2 Å². The van der Waals surface area contributed by atoms with Crippen LogP contribution in [-0.2, 0) is 14.3 Å². The lowest BCUT2D eigenvalue weighted by Gasteiger charge is -2.58. The minimum Gasteiger partial charge on any atom is -0.452 e. The molecule has 2 aromatic rings. The molecule has 4 aliphatic carbocycles. The summed E-state index contributed by atoms with van der Waals surface area (Å²) in [5.74, 6) is -1.82. The van der Waals surface area contributed by atoms with E-state index >= 15 is 0 Å². The van der Waals surface area contributed by atoms with E-state index in [1.165, 1.54) is 13.0 Å². The van der Waals surface area contributed by atoms with Gasteiger partial charge < -0.3 is 4.74 Å². The number of hydrogen-bond acceptors (Lipinski definition) is 5. The summed E-state index contributed by atoms with van der Waals surface area (Å²) in [6, 6.07) is 3.49. The van der Waals surface area contributed by atoms with E-state index in [0.29, 0.717) is 29.5 Å². The molecule has 1 aromatic heterocycles. The Morgan fingerprint density at radius 2 is 1.94 bits per heavy atom. The topological polar surface area (TPSA) is 68.3 Å². The van der Waals surface area contributed by atoms with Gasteiger partial charge in [0, 0.05) is 15.8 Å². The molecule has 1 amide bonds. The van der Waals surface area contributed by atoms with Crippen molar-refractivity contribution >= 4 is 39.9 Å². The van der Waals surface area contributed by atoms with Gasteiger partial charge in [-0.15, -0.1) is 22.9 Å². The van der Waals surface area contributed by atoms with E-state index in [4.69, 9.17) is 16.3 Å². The van der Waals surface area contributed by atoms with E-state index in [1.807, 2.05) is 0 Å². The summed E-state index contributed by atoms with van der Waals surface area (Å²) in [5, 5.41) is 4.56. The Hall–Kier alpha value is -2.06. The van der Waals surface area contributed by atoms with Crippen LogP contribution in [0.25, 0.3) is 11.3 Å². The molecule has 1 aromatic carbocycles. The highest BCUT2D eigenvalue weighted by molar-refractivity contribution is 7.14. The molecule has 6 rings (SSSR count). The second kappa shape index (κ2) is 7.76. The van der Waals surface area contributed by atoms with E-state index in [2.05, 4.69) is 10.3 Å². The van der Waals surface area contributed by atoms with Crippen molar-refractivity contribution in [1.29, 1.82) is 0 Å². The van der Waals surface area contributed by atoms with Crippen LogP contribution < -0.4 is 5.32 Å². The van der Waals surface area contributed by atoms with Crippen LogP contribution in [0.15, 0.2) is 23.6 Å². The van der Waals surface area contributed by atoms with Gasteiger partial charge >= 0.3 is 5.97 Å². The molecule has 9 heteroatoms. The Bertz CT molecular complexity index is 1080. The lowest BCUT2D eigenvalue weighted by atomic mass is 9.49. The smallest absolute Gasteiger partial charge is 0.312 e. The summed E-state index contributed by atoms with van der Waals surface area (Å²) in [7, 11) is 0. The van der Waals surface area contributed by atoms with E-state index in [1.54, 1.807) is 5.38 Å². The Labute approximate surface area is 193 Å². The zero-order valence-electron chi connectivity index (χ0n) is 17.5. The van der Waals surface area contributed by atoms with Gasteiger partial charge in [0.2, 0.25) is 0 Å². The number of carbonyl (C=O) groups excluding carboxylic acids is 2. The third kappa shape index (κ3) is 3.92. The fourth-order valence-corrected chi connectivity index (χ4v) is 7.47. The Balaban J connectivity index is 1.23. The van der Waals surface area contributed by atoms with Crippen molar-refractivity contribution in [2.45, 2.75) is 56.4 Å². The molecule has 0 aliphatic heterocycles. The molecule has 1 heterocycles. The predicted molar refractivity (Wildman–Crippen MR) is 117 cm³/mol. The molecule has 4 fully saturated rings. The average molecular weight is 481 g/mol. The lowest BCUT2D eigenvalue weighted by Crippen LogP contribution is -2.57. The normalized spacial score (nSPS) is 31.4. The number of halogens is 3. The van der Waals surface area contributed by atoms with Crippen molar-refractivity contribution in [3.63, 3.8) is 0 Å². The van der Waals surface area contributed by atoms with Gasteiger partial charge in [-0.05, 0) is 75.5 Å². The number of nitrogens with zero attached hydrogens (tertiary/aromatic N) is 1. The van der Waals surface area contributed by atoms with Gasteiger partial charge in [0.05, 0.1) is 11.1 Å². The SMILES string of the molecule is C[C@@H](OC(=O)C12C[C@@H]3C[C@H](CC(Cl)(C3)C1)C2)C(=O)Nc1nc(-c2ccc(F)c(F)c2)cs1. The molecule has 0 unspecified atom stereocenters. The number of rotatable bonds is 5. The van der Waals surface area contributed by atoms with Crippen LogP contribution in [0.4, 0.5) is 13.9 Å². The summed E-state index contributed by atoms with van der Waals surface area (Å²) in [5.41, 5.74) is 0.230. The van der Waals surface area contributed by atoms with Crippen LogP contribution in [0.2, 0.25) is 0 Å². The summed E-state index contributed by atoms with van der Waals surface area (Å²) < 4.78 is 32.2. The highest BCUT2D eigenvalue weighted by Gasteiger charge is 2.61. The van der Waals surface area contributed by atoms with Gasteiger partial charge in [0.25, 0.3) is 5.91 Å². The lowest BCUT2D eigenvalue weighted by molar-refractivity contribution is -0.176. The van der Waals surface area contributed by atoms with E-state index in [-0.39, 0.29) is 16.0 Å². The molecule has 0 radical (unpaired) electrons. The van der Waals surface area contributed by atoms with E-state index in [9.17, 15) is 18.4 Å². The number of amides is 1. The van der Waals surface area contributed by atoms with Crippen LogP contribution in [0, 0.1) is 28.9 Å². The number of aromatic nitrogens is 1. The van der Waals surface area contributed by atoms with Crippen molar-refractivity contribution in [2.24, 2.45) is 17.3 Å². The maximum Gasteiger partial charge on any atom is 0.312 e. The zero-order chi connectivity index (χ0) is 22.7. The fourth-order valence-electron chi connectivity index (χ4n) is 6.05. The number of esters is 1. The monoisotopic (exact) mass is 480 g/mol. The van der Waals surface area contributed by atoms with Gasteiger partial charge in [0.15, 0.2) is 22.9 Å². The van der Waals surface area contributed by atoms with Gasteiger partial charge in [-0.2, -0.15) is 0 Å². The molecular weight excluding hydrogens is 458 g/mol. The molecule has 32 heavy (non-hydrogen) atoms. The summed E-state index contributed by atoms with van der Waals surface area (Å²) in [4.78, 5) is 29.7. The maximum atomic E-state index is 13.5. The van der Waals surface area contributed by atoms with Crippen molar-refractivity contribution < 1.29 is 23.1 Å². The first-order chi connectivity index (χ1) is 15.1. The van der Waals surface area contributed by atoms with Gasteiger partial charge in [-0.3, -0.25) is 14.9 Å². The summed E-state index contributed by atoms with van der Waals surface area (Å²) in [6.45, 7) is 1.54. The van der Waals surface area contributed by atoms with E-state index < -0.39 is 29.1 Å². The Morgan fingerprint density at radius 3 is 2.59 bits per heavy atom. The third-order valence-corrected chi connectivity index (χ3v) is 8.23. The van der Waals surface area contributed by atoms with Crippen LogP contribution in [-0.4, -0.2) is 27.8 Å². The second-order valence-electron chi connectivity index (χ2n) is 9.60. The standard InChI is InChI=1S/C23H23ClF2N2O3S/c1-12(31-20(30)22-6-13-4-14(7-22)9-23(24,8-13)11-22)19(29)28-21-27-18(10-32-21)15-2-3-16(25)17(26)5-15/h2-3,5,10,12-14H,4,6-9,11H2,1H3,(H,27,28,29)/t12-,13+,14+,22?,23?/m1/s1. The highest BCUT2D eigenvalue weighted by atomic mass is 35.5. The third-order valence-electron chi connectivity index (χ3n) is 7.03. The first-order valence-electron chi connectivity index (χ1n) is 10.8. The van der Waals surface area contributed by atoms with Gasteiger partial charge in [-0.1, -0.05) is 0 Å². The fraction of sp³-hybridized carbons (Fsp3) is 0.522. The number of nitrogens with one attached hydrogen (secondary N) is 1. The number of benzene rings is 1. The van der Waals surface area contributed by atoms with Crippen molar-refractivity contribution in [2.75, 3.05) is 5.32 Å². The highest BCUT2D eigenvalue weighted by Crippen LogP contribution is 2.64. The van der Waals surface area contributed by atoms with Crippen LogP contribution in [0.1, 0.15) is 45.4 Å². The molecule has 3 atom stereocenters. The molecular formula is C23H23ClF2N2O3S. The molecule has 4 saturated carbocycles.